The van der Waals surface area contributed by atoms with Gasteiger partial charge in [-0.15, -0.1) is 0 Å². The lowest BCUT2D eigenvalue weighted by molar-refractivity contribution is -0.118. The highest BCUT2D eigenvalue weighted by molar-refractivity contribution is 14.1. The summed E-state index contributed by atoms with van der Waals surface area (Å²) in [6, 6.07) is 12.2. The molecule has 0 fully saturated rings. The van der Waals surface area contributed by atoms with Crippen LogP contribution in [-0.4, -0.2) is 24.2 Å². The van der Waals surface area contributed by atoms with Gasteiger partial charge in [-0.25, -0.2) is 0 Å². The van der Waals surface area contributed by atoms with Gasteiger partial charge in [-0.3, -0.25) is 14.4 Å². The molecule has 0 spiro atoms. The van der Waals surface area contributed by atoms with Gasteiger partial charge in [0.2, 0.25) is 5.91 Å². The number of halogens is 1. The molecule has 2 aromatic rings. The number of rotatable bonds is 8. The molecule has 0 unspecified atom stereocenters. The van der Waals surface area contributed by atoms with Crippen molar-refractivity contribution in [2.75, 3.05) is 17.2 Å². The molecule has 0 saturated heterocycles. The van der Waals surface area contributed by atoms with Gasteiger partial charge >= 0.3 is 0 Å². The summed E-state index contributed by atoms with van der Waals surface area (Å²) in [5.74, 6) is -0.355. The lowest BCUT2D eigenvalue weighted by Crippen LogP contribution is -2.21. The van der Waals surface area contributed by atoms with Crippen molar-refractivity contribution >= 4 is 51.6 Å². The molecule has 27 heavy (non-hydrogen) atoms. The molecule has 0 aliphatic heterocycles. The molecule has 0 aliphatic carbocycles. The molecule has 0 atom stereocenters. The van der Waals surface area contributed by atoms with Gasteiger partial charge in [0, 0.05) is 21.4 Å². The highest BCUT2D eigenvalue weighted by Crippen LogP contribution is 2.24. The molecule has 0 bridgehead atoms. The van der Waals surface area contributed by atoms with E-state index in [9.17, 15) is 14.4 Å². The van der Waals surface area contributed by atoms with Crippen LogP contribution in [0, 0.1) is 3.57 Å². The van der Waals surface area contributed by atoms with Crippen molar-refractivity contribution < 1.29 is 19.1 Å². The minimum Gasteiger partial charge on any atom is -0.483 e. The number of ketones is 1. The second-order valence-corrected chi connectivity index (χ2v) is 7.15. The zero-order valence-corrected chi connectivity index (χ0v) is 17.3. The smallest absolute Gasteiger partial charge is 0.262 e. The number of nitrogens with one attached hydrogen (secondary N) is 2. The summed E-state index contributed by atoms with van der Waals surface area (Å²) in [6.07, 6.45) is 1.15. The van der Waals surface area contributed by atoms with Crippen LogP contribution >= 0.6 is 22.6 Å². The fourth-order valence-electron chi connectivity index (χ4n) is 2.33. The summed E-state index contributed by atoms with van der Waals surface area (Å²) in [5.41, 5.74) is 1.51. The van der Waals surface area contributed by atoms with E-state index in [1.165, 1.54) is 6.92 Å². The Morgan fingerprint density at radius 2 is 1.59 bits per heavy atom. The van der Waals surface area contributed by atoms with E-state index in [0.717, 1.165) is 9.99 Å². The second-order valence-electron chi connectivity index (χ2n) is 5.91. The summed E-state index contributed by atoms with van der Waals surface area (Å²) in [4.78, 5) is 35.7. The first-order valence-corrected chi connectivity index (χ1v) is 9.60. The Morgan fingerprint density at radius 3 is 2.22 bits per heavy atom. The number of benzene rings is 2. The number of anilines is 2. The Morgan fingerprint density at radius 1 is 0.963 bits per heavy atom. The minimum atomic E-state index is -0.328. The third-order valence-electron chi connectivity index (χ3n) is 3.61. The fraction of sp³-hybridized carbons (Fsp3) is 0.250. The molecule has 6 nitrogen and oxygen atoms in total. The van der Waals surface area contributed by atoms with E-state index in [1.807, 2.05) is 19.1 Å². The first-order chi connectivity index (χ1) is 12.9. The number of carbonyl (C=O) groups is 3. The first kappa shape index (κ1) is 20.9. The topological polar surface area (TPSA) is 84.5 Å². The van der Waals surface area contributed by atoms with Crippen molar-refractivity contribution in [3.05, 3.63) is 51.6 Å². The Bertz CT molecular complexity index is 834. The van der Waals surface area contributed by atoms with Crippen molar-refractivity contribution in [2.45, 2.75) is 26.7 Å². The Kier molecular flexibility index (Phi) is 7.78. The molecule has 2 rings (SSSR count). The predicted molar refractivity (Wildman–Crippen MR) is 113 cm³/mol. The van der Waals surface area contributed by atoms with E-state index in [0.29, 0.717) is 29.1 Å². The molecule has 0 aromatic heterocycles. The largest absolute Gasteiger partial charge is 0.483 e. The maximum Gasteiger partial charge on any atom is 0.262 e. The van der Waals surface area contributed by atoms with Crippen LogP contribution in [0.2, 0.25) is 0 Å². The van der Waals surface area contributed by atoms with Gasteiger partial charge in [0.25, 0.3) is 5.91 Å². The first-order valence-electron chi connectivity index (χ1n) is 8.52. The summed E-state index contributed by atoms with van der Waals surface area (Å²) in [7, 11) is 0. The van der Waals surface area contributed by atoms with Crippen LogP contribution in [0.15, 0.2) is 42.5 Å². The molecular weight excluding hydrogens is 459 g/mol. The van der Waals surface area contributed by atoms with E-state index >= 15 is 0 Å². The van der Waals surface area contributed by atoms with Gasteiger partial charge in [-0.2, -0.15) is 0 Å². The van der Waals surface area contributed by atoms with Gasteiger partial charge < -0.3 is 15.4 Å². The Labute approximate surface area is 171 Å². The van der Waals surface area contributed by atoms with Crippen LogP contribution in [0.5, 0.6) is 5.75 Å². The van der Waals surface area contributed by atoms with Crippen molar-refractivity contribution in [1.29, 1.82) is 0 Å². The monoisotopic (exact) mass is 480 g/mol. The molecule has 2 N–H and O–H groups in total. The number of hydrogen-bond donors (Lipinski definition) is 2. The fourth-order valence-corrected chi connectivity index (χ4v) is 2.69. The molecule has 0 radical (unpaired) electrons. The van der Waals surface area contributed by atoms with Crippen molar-refractivity contribution in [2.24, 2.45) is 0 Å². The van der Waals surface area contributed by atoms with Crippen LogP contribution in [-0.2, 0) is 9.59 Å². The van der Waals surface area contributed by atoms with E-state index < -0.39 is 0 Å². The van der Waals surface area contributed by atoms with Crippen molar-refractivity contribution in [3.63, 3.8) is 0 Å². The van der Waals surface area contributed by atoms with Crippen molar-refractivity contribution in [3.8, 4) is 5.75 Å². The molecule has 0 saturated carbocycles. The summed E-state index contributed by atoms with van der Waals surface area (Å²) < 4.78 is 6.59. The molecular formula is C20H21IN2O4. The normalized spacial score (nSPS) is 10.2. The summed E-state index contributed by atoms with van der Waals surface area (Å²) in [5, 5.41) is 5.47. The highest BCUT2D eigenvalue weighted by atomic mass is 127. The van der Waals surface area contributed by atoms with Crippen LogP contribution in [0.3, 0.4) is 0 Å². The lowest BCUT2D eigenvalue weighted by Gasteiger charge is -2.12. The number of Topliss-reactive ketones (excluding diaryl/α,β-unsaturated/α-hetero) is 1. The molecule has 0 aliphatic rings. The number of carbonyl (C=O) groups excluding carboxylic acids is 3. The van der Waals surface area contributed by atoms with Gasteiger partial charge in [0.15, 0.2) is 12.4 Å². The molecule has 2 amide bonds. The van der Waals surface area contributed by atoms with E-state index in [-0.39, 0.29) is 24.2 Å². The predicted octanol–water partition coefficient (Wildman–Crippen LogP) is 4.25. The number of hydrogen-bond acceptors (Lipinski definition) is 4. The highest BCUT2D eigenvalue weighted by Gasteiger charge is 2.13. The SMILES string of the molecule is CCCC(=O)Nc1ccc(OCC(=O)Nc2ccc(I)cc2)c(C(C)=O)c1. The van der Waals surface area contributed by atoms with Gasteiger partial charge in [0.05, 0.1) is 5.56 Å². The standard InChI is InChI=1S/C20H21IN2O4/c1-3-4-19(25)23-16-9-10-18(17(11-16)13(2)24)27-12-20(26)22-15-7-5-14(21)6-8-15/h5-11H,3-4,12H2,1-2H3,(H,22,26)(H,23,25). The maximum atomic E-state index is 12.1. The zero-order valence-electron chi connectivity index (χ0n) is 15.2. The van der Waals surface area contributed by atoms with Gasteiger partial charge in [0.1, 0.15) is 5.75 Å². The third-order valence-corrected chi connectivity index (χ3v) is 4.33. The van der Waals surface area contributed by atoms with E-state index in [4.69, 9.17) is 4.74 Å². The molecule has 142 valence electrons. The Balaban J connectivity index is 2.02. The van der Waals surface area contributed by atoms with Crippen molar-refractivity contribution in [1.82, 2.24) is 0 Å². The molecule has 2 aromatic carbocycles. The maximum absolute atomic E-state index is 12.1. The van der Waals surface area contributed by atoms with E-state index in [1.54, 1.807) is 30.3 Å². The zero-order chi connectivity index (χ0) is 19.8. The summed E-state index contributed by atoms with van der Waals surface area (Å²) in [6.45, 7) is 3.10. The van der Waals surface area contributed by atoms with Crippen LogP contribution < -0.4 is 15.4 Å². The average molecular weight is 480 g/mol. The summed E-state index contributed by atoms with van der Waals surface area (Å²) >= 11 is 2.18. The molecule has 7 heteroatoms. The van der Waals surface area contributed by atoms with Gasteiger partial charge in [-0.05, 0) is 78.4 Å². The number of amides is 2. The quantitative estimate of drug-likeness (QED) is 0.437. The molecule has 0 heterocycles. The van der Waals surface area contributed by atoms with Gasteiger partial charge in [-0.1, -0.05) is 6.92 Å². The average Bonchev–Trinajstić information content (AvgIpc) is 2.62. The lowest BCUT2D eigenvalue weighted by atomic mass is 10.1. The van der Waals surface area contributed by atoms with E-state index in [2.05, 4.69) is 33.2 Å². The van der Waals surface area contributed by atoms with Crippen LogP contribution in [0.4, 0.5) is 11.4 Å². The second kappa shape index (κ2) is 10.1. The minimum absolute atomic E-state index is 0.113. The number of ether oxygens (including phenoxy) is 1. The third kappa shape index (κ3) is 6.67. The van der Waals surface area contributed by atoms with Crippen LogP contribution in [0.25, 0.3) is 0 Å². The van der Waals surface area contributed by atoms with Crippen LogP contribution in [0.1, 0.15) is 37.0 Å². The Hall–Kier alpha value is -2.42.